The van der Waals surface area contributed by atoms with Gasteiger partial charge in [-0.2, -0.15) is 5.10 Å². The molecule has 1 saturated heterocycles. The van der Waals surface area contributed by atoms with Crippen LogP contribution in [0.5, 0.6) is 0 Å². The highest BCUT2D eigenvalue weighted by Crippen LogP contribution is 2.28. The summed E-state index contributed by atoms with van der Waals surface area (Å²) in [5.74, 6) is 0.975. The van der Waals surface area contributed by atoms with Crippen molar-refractivity contribution >= 4 is 0 Å². The topological polar surface area (TPSA) is 67.9 Å². The smallest absolute Gasteiger partial charge is 0.140 e. The van der Waals surface area contributed by atoms with E-state index >= 15 is 0 Å². The van der Waals surface area contributed by atoms with Gasteiger partial charge in [-0.1, -0.05) is 24.3 Å². The predicted molar refractivity (Wildman–Crippen MR) is 91.5 cm³/mol. The number of nitrogens with one attached hydrogen (secondary N) is 1. The molecule has 3 aromatic rings. The lowest BCUT2D eigenvalue weighted by atomic mass is 10.1. The average Bonchev–Trinajstić information content (AvgIpc) is 3.36. The van der Waals surface area contributed by atoms with Gasteiger partial charge in [0.05, 0.1) is 13.2 Å². The van der Waals surface area contributed by atoms with E-state index in [1.54, 1.807) is 6.20 Å². The highest BCUT2D eigenvalue weighted by atomic mass is 16.3. The van der Waals surface area contributed by atoms with Crippen LogP contribution in [0.25, 0.3) is 11.4 Å². The minimum absolute atomic E-state index is 0.171. The number of imidazole rings is 1. The van der Waals surface area contributed by atoms with Gasteiger partial charge >= 0.3 is 0 Å². The minimum atomic E-state index is 0.171. The van der Waals surface area contributed by atoms with Gasteiger partial charge in [-0.25, -0.2) is 4.98 Å². The van der Waals surface area contributed by atoms with Crippen molar-refractivity contribution in [2.75, 3.05) is 13.2 Å². The standard InChI is InChI=1S/C18H21N5O/c24-13-15-10-16(11-20-15)23-9-7-19-18(23)17-5-2-1-4-14(17)12-22-8-3-6-21-22/h1-9,15-16,20,24H,10-13H2/t15-,16-/m0/s1. The van der Waals surface area contributed by atoms with E-state index in [1.165, 1.54) is 5.56 Å². The van der Waals surface area contributed by atoms with Gasteiger partial charge in [0.25, 0.3) is 0 Å². The molecule has 0 amide bonds. The highest BCUT2D eigenvalue weighted by molar-refractivity contribution is 5.61. The van der Waals surface area contributed by atoms with Crippen LogP contribution >= 0.6 is 0 Å². The fourth-order valence-electron chi connectivity index (χ4n) is 3.41. The molecule has 1 aromatic carbocycles. The number of benzene rings is 1. The molecule has 2 atom stereocenters. The number of aliphatic hydroxyl groups is 1. The Kier molecular flexibility index (Phi) is 4.15. The van der Waals surface area contributed by atoms with Crippen LogP contribution in [0.4, 0.5) is 0 Å². The lowest BCUT2D eigenvalue weighted by molar-refractivity contribution is 0.253. The van der Waals surface area contributed by atoms with Crippen LogP contribution in [0.2, 0.25) is 0 Å². The van der Waals surface area contributed by atoms with E-state index in [0.717, 1.165) is 30.9 Å². The van der Waals surface area contributed by atoms with Gasteiger partial charge in [-0.15, -0.1) is 0 Å². The fraction of sp³-hybridized carbons (Fsp3) is 0.333. The summed E-state index contributed by atoms with van der Waals surface area (Å²) in [5.41, 5.74) is 2.32. The minimum Gasteiger partial charge on any atom is -0.395 e. The second-order valence-electron chi connectivity index (χ2n) is 6.20. The Labute approximate surface area is 140 Å². The first-order valence-electron chi connectivity index (χ1n) is 8.28. The van der Waals surface area contributed by atoms with Crippen LogP contribution in [0.3, 0.4) is 0 Å². The van der Waals surface area contributed by atoms with E-state index in [2.05, 4.69) is 38.2 Å². The third kappa shape index (κ3) is 2.86. The Morgan fingerprint density at radius 1 is 1.17 bits per heavy atom. The van der Waals surface area contributed by atoms with E-state index in [4.69, 9.17) is 0 Å². The van der Waals surface area contributed by atoms with Gasteiger partial charge in [0.15, 0.2) is 0 Å². The van der Waals surface area contributed by atoms with Crippen molar-refractivity contribution < 1.29 is 5.11 Å². The lowest BCUT2D eigenvalue weighted by Gasteiger charge is -2.17. The Morgan fingerprint density at radius 2 is 2.08 bits per heavy atom. The maximum atomic E-state index is 9.36. The van der Waals surface area contributed by atoms with E-state index in [1.807, 2.05) is 35.4 Å². The molecule has 0 unspecified atom stereocenters. The third-order valence-corrected chi connectivity index (χ3v) is 4.63. The van der Waals surface area contributed by atoms with Gasteiger partial charge in [-0.3, -0.25) is 4.68 Å². The molecule has 24 heavy (non-hydrogen) atoms. The number of aliphatic hydroxyl groups excluding tert-OH is 1. The van der Waals surface area contributed by atoms with Gasteiger partial charge in [0.2, 0.25) is 0 Å². The number of aromatic nitrogens is 4. The second-order valence-corrected chi connectivity index (χ2v) is 6.20. The molecule has 1 fully saturated rings. The quantitative estimate of drug-likeness (QED) is 0.750. The second kappa shape index (κ2) is 6.59. The maximum absolute atomic E-state index is 9.36. The Balaban J connectivity index is 1.67. The zero-order valence-electron chi connectivity index (χ0n) is 13.4. The third-order valence-electron chi connectivity index (χ3n) is 4.63. The predicted octanol–water partition coefficient (Wildman–Crippen LogP) is 1.69. The number of rotatable bonds is 5. The molecule has 124 valence electrons. The summed E-state index contributed by atoms with van der Waals surface area (Å²) in [6.45, 7) is 1.75. The van der Waals surface area contributed by atoms with E-state index in [-0.39, 0.29) is 12.6 Å². The van der Waals surface area contributed by atoms with Crippen molar-refractivity contribution in [1.29, 1.82) is 0 Å². The van der Waals surface area contributed by atoms with Crippen LogP contribution in [-0.4, -0.2) is 43.6 Å². The zero-order valence-corrected chi connectivity index (χ0v) is 13.4. The van der Waals surface area contributed by atoms with Gasteiger partial charge in [-0.05, 0) is 18.1 Å². The van der Waals surface area contributed by atoms with Crippen LogP contribution in [0, 0.1) is 0 Å². The molecule has 3 heterocycles. The normalized spacial score (nSPS) is 20.5. The van der Waals surface area contributed by atoms with Crippen molar-refractivity contribution in [2.45, 2.75) is 25.0 Å². The average molecular weight is 323 g/mol. The highest BCUT2D eigenvalue weighted by Gasteiger charge is 2.26. The van der Waals surface area contributed by atoms with Gasteiger partial charge in [0, 0.05) is 49.0 Å². The van der Waals surface area contributed by atoms with Gasteiger partial charge < -0.3 is 15.0 Å². The zero-order chi connectivity index (χ0) is 16.4. The first-order chi connectivity index (χ1) is 11.8. The van der Waals surface area contributed by atoms with Gasteiger partial charge in [0.1, 0.15) is 5.82 Å². The molecule has 6 heteroatoms. The molecule has 4 rings (SSSR count). The SMILES string of the molecule is OC[C@@H]1C[C@H](n2ccnc2-c2ccccc2Cn2cccn2)CN1. The molecular formula is C18H21N5O. The molecule has 0 bridgehead atoms. The maximum Gasteiger partial charge on any atom is 0.140 e. The molecule has 2 aromatic heterocycles. The summed E-state index contributed by atoms with van der Waals surface area (Å²) in [4.78, 5) is 4.61. The summed E-state index contributed by atoms with van der Waals surface area (Å²) in [5, 5.41) is 17.0. The largest absolute Gasteiger partial charge is 0.395 e. The summed E-state index contributed by atoms with van der Waals surface area (Å²) in [6, 6.07) is 10.8. The molecule has 0 aliphatic carbocycles. The summed E-state index contributed by atoms with van der Waals surface area (Å²) in [6.07, 6.45) is 8.57. The van der Waals surface area contributed by atoms with Crippen LogP contribution < -0.4 is 5.32 Å². The summed E-state index contributed by atoms with van der Waals surface area (Å²) >= 11 is 0. The molecule has 1 aliphatic rings. The fourth-order valence-corrected chi connectivity index (χ4v) is 3.41. The number of hydrogen-bond acceptors (Lipinski definition) is 4. The lowest BCUT2D eigenvalue weighted by Crippen LogP contribution is -2.24. The summed E-state index contributed by atoms with van der Waals surface area (Å²) < 4.78 is 4.15. The molecule has 1 aliphatic heterocycles. The Bertz CT molecular complexity index is 795. The Hall–Kier alpha value is -2.44. The molecule has 0 spiro atoms. The van der Waals surface area contributed by atoms with E-state index < -0.39 is 0 Å². The van der Waals surface area contributed by atoms with Crippen LogP contribution in [0.1, 0.15) is 18.0 Å². The van der Waals surface area contributed by atoms with Crippen molar-refractivity contribution in [3.05, 3.63) is 60.7 Å². The van der Waals surface area contributed by atoms with E-state index in [9.17, 15) is 5.11 Å². The van der Waals surface area contributed by atoms with Crippen molar-refractivity contribution in [3.63, 3.8) is 0 Å². The van der Waals surface area contributed by atoms with Crippen molar-refractivity contribution in [3.8, 4) is 11.4 Å². The molecule has 2 N–H and O–H groups in total. The monoisotopic (exact) mass is 323 g/mol. The molecule has 6 nitrogen and oxygen atoms in total. The number of nitrogens with zero attached hydrogens (tertiary/aromatic N) is 4. The van der Waals surface area contributed by atoms with Crippen LogP contribution in [-0.2, 0) is 6.54 Å². The molecule has 0 radical (unpaired) electrons. The van der Waals surface area contributed by atoms with Crippen LogP contribution in [0.15, 0.2) is 55.1 Å². The van der Waals surface area contributed by atoms with E-state index in [0.29, 0.717) is 6.04 Å². The van der Waals surface area contributed by atoms with Crippen molar-refractivity contribution in [2.24, 2.45) is 0 Å². The number of hydrogen-bond donors (Lipinski definition) is 2. The molecular weight excluding hydrogens is 302 g/mol. The Morgan fingerprint density at radius 3 is 2.88 bits per heavy atom. The first kappa shape index (κ1) is 15.1. The summed E-state index contributed by atoms with van der Waals surface area (Å²) in [7, 11) is 0. The van der Waals surface area contributed by atoms with Crippen molar-refractivity contribution in [1.82, 2.24) is 24.6 Å². The molecule has 0 saturated carbocycles. The first-order valence-corrected chi connectivity index (χ1v) is 8.28.